The van der Waals surface area contributed by atoms with E-state index < -0.39 is 33.4 Å². The molecule has 0 aromatic heterocycles. The molecule has 198 valence electrons. The molecular formula is C27H33FN4O4S. The van der Waals surface area contributed by atoms with Crippen molar-refractivity contribution in [2.45, 2.75) is 49.9 Å². The Kier molecular flexibility index (Phi) is 7.48. The summed E-state index contributed by atoms with van der Waals surface area (Å²) < 4.78 is 38.5. The summed E-state index contributed by atoms with van der Waals surface area (Å²) in [6.45, 7) is 3.14. The van der Waals surface area contributed by atoms with Gasteiger partial charge >= 0.3 is 0 Å². The molecule has 2 amide bonds. The number of nitrogens with one attached hydrogen (secondary N) is 2. The van der Waals surface area contributed by atoms with Gasteiger partial charge in [0.2, 0.25) is 5.91 Å². The molecule has 2 aliphatic heterocycles. The third-order valence-electron chi connectivity index (χ3n) is 7.58. The van der Waals surface area contributed by atoms with Crippen molar-refractivity contribution >= 4 is 33.0 Å². The van der Waals surface area contributed by atoms with Gasteiger partial charge in [0.05, 0.1) is 22.9 Å². The summed E-state index contributed by atoms with van der Waals surface area (Å²) in [5, 5.41) is 5.76. The van der Waals surface area contributed by atoms with Gasteiger partial charge in [0.1, 0.15) is 11.9 Å². The van der Waals surface area contributed by atoms with Crippen LogP contribution in [0.15, 0.2) is 42.5 Å². The molecule has 0 radical (unpaired) electrons. The number of halogens is 1. The molecule has 0 spiro atoms. The first kappa shape index (κ1) is 25.7. The Balaban J connectivity index is 1.19. The van der Waals surface area contributed by atoms with Crippen molar-refractivity contribution in [3.05, 3.63) is 59.4 Å². The van der Waals surface area contributed by atoms with E-state index in [0.29, 0.717) is 41.6 Å². The molecule has 2 aromatic rings. The Morgan fingerprint density at radius 2 is 1.65 bits per heavy atom. The van der Waals surface area contributed by atoms with Crippen molar-refractivity contribution in [2.75, 3.05) is 42.6 Å². The lowest BCUT2D eigenvalue weighted by molar-refractivity contribution is -0.116. The summed E-state index contributed by atoms with van der Waals surface area (Å²) >= 11 is 0. The van der Waals surface area contributed by atoms with E-state index in [-0.39, 0.29) is 11.7 Å². The molecule has 1 saturated heterocycles. The fraction of sp³-hybridized carbons (Fsp3) is 0.481. The zero-order valence-corrected chi connectivity index (χ0v) is 21.6. The number of hydrogen-bond acceptors (Lipinski definition) is 6. The number of nitrogens with zero attached hydrogens (tertiary/aromatic N) is 2. The van der Waals surface area contributed by atoms with Crippen LogP contribution in [0.1, 0.15) is 48.0 Å². The van der Waals surface area contributed by atoms with Crippen LogP contribution in [-0.4, -0.2) is 74.0 Å². The lowest BCUT2D eigenvalue weighted by Crippen LogP contribution is -2.52. The van der Waals surface area contributed by atoms with Crippen molar-refractivity contribution in [2.24, 2.45) is 0 Å². The molecule has 0 unspecified atom stereocenters. The van der Waals surface area contributed by atoms with Crippen molar-refractivity contribution in [3.8, 4) is 0 Å². The van der Waals surface area contributed by atoms with E-state index in [2.05, 4.69) is 15.5 Å². The second-order valence-corrected chi connectivity index (χ2v) is 12.4. The zero-order valence-electron chi connectivity index (χ0n) is 20.8. The SMILES string of the molecule is O=C1Nc2cc(C(=O)N3CCN(C4CCCCC4)CC3)ccc2N[C@@H]1CS(=O)(=O)Cc1ccc(F)cc1. The van der Waals surface area contributed by atoms with Gasteiger partial charge in [-0.25, -0.2) is 12.8 Å². The largest absolute Gasteiger partial charge is 0.371 e. The summed E-state index contributed by atoms with van der Waals surface area (Å²) in [7, 11) is -3.64. The molecule has 10 heteroatoms. The number of carbonyl (C=O) groups excluding carboxylic acids is 2. The normalized spacial score (nSPS) is 21.2. The molecule has 1 aliphatic carbocycles. The predicted molar refractivity (Wildman–Crippen MR) is 141 cm³/mol. The third kappa shape index (κ3) is 6.13. The molecule has 1 atom stereocenters. The number of hydrogen-bond donors (Lipinski definition) is 2. The van der Waals surface area contributed by atoms with Crippen LogP contribution < -0.4 is 10.6 Å². The topological polar surface area (TPSA) is 98.8 Å². The smallest absolute Gasteiger partial charge is 0.254 e. The molecule has 5 rings (SSSR count). The molecular weight excluding hydrogens is 495 g/mol. The molecule has 3 aliphatic rings. The van der Waals surface area contributed by atoms with Crippen LogP contribution in [0.25, 0.3) is 0 Å². The highest BCUT2D eigenvalue weighted by Crippen LogP contribution is 2.30. The Labute approximate surface area is 217 Å². The number of sulfone groups is 1. The van der Waals surface area contributed by atoms with Gasteiger partial charge in [-0.05, 0) is 48.7 Å². The van der Waals surface area contributed by atoms with Gasteiger partial charge in [-0.2, -0.15) is 0 Å². The minimum Gasteiger partial charge on any atom is -0.371 e. The number of piperazine rings is 1. The highest BCUT2D eigenvalue weighted by atomic mass is 32.2. The van der Waals surface area contributed by atoms with Gasteiger partial charge in [0.15, 0.2) is 9.84 Å². The van der Waals surface area contributed by atoms with Gasteiger partial charge in [-0.15, -0.1) is 0 Å². The van der Waals surface area contributed by atoms with Gasteiger partial charge in [-0.3, -0.25) is 14.5 Å². The Bertz CT molecular complexity index is 1250. The minimum atomic E-state index is -3.64. The molecule has 37 heavy (non-hydrogen) atoms. The minimum absolute atomic E-state index is 0.0654. The van der Waals surface area contributed by atoms with Crippen molar-refractivity contribution in [1.29, 1.82) is 0 Å². The fourth-order valence-corrected chi connectivity index (χ4v) is 7.12. The zero-order chi connectivity index (χ0) is 26.0. The lowest BCUT2D eigenvalue weighted by Gasteiger charge is -2.40. The monoisotopic (exact) mass is 528 g/mol. The number of fused-ring (bicyclic) bond motifs is 1. The van der Waals surface area contributed by atoms with E-state index in [4.69, 9.17) is 0 Å². The maximum atomic E-state index is 13.2. The summed E-state index contributed by atoms with van der Waals surface area (Å²) in [6, 6.07) is 10.0. The van der Waals surface area contributed by atoms with Crippen molar-refractivity contribution in [3.63, 3.8) is 0 Å². The molecule has 2 N–H and O–H groups in total. The first-order valence-electron chi connectivity index (χ1n) is 13.0. The maximum absolute atomic E-state index is 13.2. The summed E-state index contributed by atoms with van der Waals surface area (Å²) in [4.78, 5) is 30.3. The Morgan fingerprint density at radius 1 is 0.946 bits per heavy atom. The van der Waals surface area contributed by atoms with Crippen molar-refractivity contribution < 1.29 is 22.4 Å². The second-order valence-electron chi connectivity index (χ2n) is 10.2. The molecule has 2 fully saturated rings. The summed E-state index contributed by atoms with van der Waals surface area (Å²) in [6.07, 6.45) is 6.41. The highest BCUT2D eigenvalue weighted by molar-refractivity contribution is 7.90. The predicted octanol–water partition coefficient (Wildman–Crippen LogP) is 3.26. The number of rotatable bonds is 6. The van der Waals surface area contributed by atoms with E-state index >= 15 is 0 Å². The van der Waals surface area contributed by atoms with E-state index in [1.165, 1.54) is 56.4 Å². The van der Waals surface area contributed by atoms with Crippen LogP contribution in [0.5, 0.6) is 0 Å². The number of amides is 2. The van der Waals surface area contributed by atoms with E-state index in [1.807, 2.05) is 4.90 Å². The van der Waals surface area contributed by atoms with Gasteiger partial charge in [0, 0.05) is 37.8 Å². The first-order chi connectivity index (χ1) is 17.8. The molecule has 2 aromatic carbocycles. The Hall–Kier alpha value is -2.98. The van der Waals surface area contributed by atoms with Crippen LogP contribution in [-0.2, 0) is 20.4 Å². The molecule has 0 bridgehead atoms. The molecule has 2 heterocycles. The fourth-order valence-electron chi connectivity index (χ4n) is 5.56. The Morgan fingerprint density at radius 3 is 2.35 bits per heavy atom. The molecule has 8 nitrogen and oxygen atoms in total. The van der Waals surface area contributed by atoms with Crippen LogP contribution in [0.4, 0.5) is 15.8 Å². The number of carbonyl (C=O) groups is 2. The number of anilines is 2. The van der Waals surface area contributed by atoms with Crippen LogP contribution >= 0.6 is 0 Å². The van der Waals surface area contributed by atoms with Gasteiger partial charge in [0.25, 0.3) is 5.91 Å². The lowest BCUT2D eigenvalue weighted by atomic mass is 9.94. The maximum Gasteiger partial charge on any atom is 0.254 e. The second kappa shape index (κ2) is 10.8. The van der Waals surface area contributed by atoms with E-state index in [1.54, 1.807) is 18.2 Å². The third-order valence-corrected chi connectivity index (χ3v) is 9.20. The van der Waals surface area contributed by atoms with E-state index in [0.717, 1.165) is 13.1 Å². The summed E-state index contributed by atoms with van der Waals surface area (Å²) in [5.41, 5.74) is 1.99. The van der Waals surface area contributed by atoms with E-state index in [9.17, 15) is 22.4 Å². The van der Waals surface area contributed by atoms with Crippen molar-refractivity contribution in [1.82, 2.24) is 9.80 Å². The standard InChI is InChI=1S/C27H33FN4O4S/c28-21-9-6-19(7-10-21)17-37(35,36)18-25-26(33)30-24-16-20(8-11-23(24)29-25)27(34)32-14-12-31(13-15-32)22-4-2-1-3-5-22/h6-11,16,22,25,29H,1-5,12-15,17-18H2,(H,30,33)/t25-/m1/s1. The first-order valence-corrected chi connectivity index (χ1v) is 14.8. The quantitative estimate of drug-likeness (QED) is 0.597. The van der Waals surface area contributed by atoms with Gasteiger partial charge < -0.3 is 15.5 Å². The summed E-state index contributed by atoms with van der Waals surface area (Å²) in [5.74, 6) is -1.66. The highest BCUT2D eigenvalue weighted by Gasteiger charge is 2.32. The number of benzene rings is 2. The van der Waals surface area contributed by atoms with Gasteiger partial charge in [-0.1, -0.05) is 31.4 Å². The average molecular weight is 529 g/mol. The van der Waals surface area contributed by atoms with Crippen LogP contribution in [0.2, 0.25) is 0 Å². The van der Waals surface area contributed by atoms with Crippen LogP contribution in [0.3, 0.4) is 0 Å². The average Bonchev–Trinajstić information content (AvgIpc) is 2.90. The van der Waals surface area contributed by atoms with Crippen LogP contribution in [0, 0.1) is 5.82 Å². The molecule has 1 saturated carbocycles.